The molecule has 1 aromatic heterocycles. The molecule has 2 aromatic rings. The molecule has 0 bridgehead atoms. The number of halogens is 1. The lowest BCUT2D eigenvalue weighted by molar-refractivity contribution is 0.00528. The van der Waals surface area contributed by atoms with Gasteiger partial charge in [0.15, 0.2) is 11.8 Å². The molecule has 1 atom stereocenters. The van der Waals surface area contributed by atoms with E-state index in [1.807, 2.05) is 36.1 Å². The highest BCUT2D eigenvalue weighted by molar-refractivity contribution is 14.0. The Morgan fingerprint density at radius 3 is 2.88 bits per heavy atom. The number of aromatic amines is 1. The number of hydrogen-bond donors (Lipinski definition) is 2. The fourth-order valence-electron chi connectivity index (χ4n) is 2.52. The van der Waals surface area contributed by atoms with Crippen molar-refractivity contribution in [1.29, 1.82) is 0 Å². The highest BCUT2D eigenvalue weighted by Crippen LogP contribution is 2.19. The zero-order valence-electron chi connectivity index (χ0n) is 14.3. The third kappa shape index (κ3) is 5.05. The summed E-state index contributed by atoms with van der Waals surface area (Å²) < 4.78 is 10.6. The van der Waals surface area contributed by atoms with Crippen molar-refractivity contribution in [2.45, 2.75) is 19.6 Å². The van der Waals surface area contributed by atoms with Crippen LogP contribution in [0, 0.1) is 0 Å². The van der Waals surface area contributed by atoms with Crippen LogP contribution in [0.15, 0.2) is 29.3 Å². The number of ether oxygens (including phenoxy) is 2. The number of morpholine rings is 1. The van der Waals surface area contributed by atoms with Gasteiger partial charge in [0.25, 0.3) is 0 Å². The summed E-state index contributed by atoms with van der Waals surface area (Å²) in [4.78, 5) is 10.9. The molecule has 0 saturated carbocycles. The highest BCUT2D eigenvalue weighted by atomic mass is 127. The van der Waals surface area contributed by atoms with Crippen LogP contribution in [0.2, 0.25) is 0 Å². The van der Waals surface area contributed by atoms with Crippen LogP contribution in [-0.2, 0) is 11.3 Å². The summed E-state index contributed by atoms with van der Waals surface area (Å²) in [6.07, 6.45) is 0.166. The van der Waals surface area contributed by atoms with Crippen LogP contribution in [0.1, 0.15) is 12.7 Å². The number of methoxy groups -OCH3 is 1. The van der Waals surface area contributed by atoms with Crippen molar-refractivity contribution in [2.24, 2.45) is 10.7 Å². The Hall–Kier alpha value is -1.88. The zero-order chi connectivity index (χ0) is 16.9. The van der Waals surface area contributed by atoms with Crippen molar-refractivity contribution in [3.8, 4) is 17.1 Å². The molecule has 9 heteroatoms. The normalized spacial score (nSPS) is 17.9. The first-order valence-corrected chi connectivity index (χ1v) is 7.88. The Bertz CT molecular complexity index is 703. The van der Waals surface area contributed by atoms with Crippen LogP contribution in [0.3, 0.4) is 0 Å². The number of nitrogens with zero attached hydrogens (tertiary/aromatic N) is 4. The fraction of sp³-hybridized carbons (Fsp3) is 0.438. The minimum Gasteiger partial charge on any atom is -0.497 e. The second-order valence-electron chi connectivity index (χ2n) is 5.64. The predicted molar refractivity (Wildman–Crippen MR) is 106 cm³/mol. The average Bonchev–Trinajstić information content (AvgIpc) is 3.09. The van der Waals surface area contributed by atoms with E-state index in [9.17, 15) is 0 Å². The molecular formula is C16H23IN6O2. The van der Waals surface area contributed by atoms with Crippen LogP contribution in [-0.4, -0.2) is 59.0 Å². The van der Waals surface area contributed by atoms with Gasteiger partial charge >= 0.3 is 0 Å². The molecule has 8 nitrogen and oxygen atoms in total. The monoisotopic (exact) mass is 458 g/mol. The lowest BCUT2D eigenvalue weighted by Gasteiger charge is -2.31. The van der Waals surface area contributed by atoms with Gasteiger partial charge in [-0.1, -0.05) is 0 Å². The molecule has 1 unspecified atom stereocenters. The van der Waals surface area contributed by atoms with Crippen LogP contribution in [0.25, 0.3) is 11.4 Å². The second-order valence-corrected chi connectivity index (χ2v) is 5.64. The maximum atomic E-state index is 6.05. The lowest BCUT2D eigenvalue weighted by Crippen LogP contribution is -2.47. The number of H-pyrrole nitrogens is 1. The molecule has 1 aliphatic rings. The summed E-state index contributed by atoms with van der Waals surface area (Å²) in [5.74, 6) is 2.60. The lowest BCUT2D eigenvalue weighted by atomic mass is 10.2. The topological polar surface area (TPSA) is 102 Å². The molecule has 0 aliphatic carbocycles. The van der Waals surface area contributed by atoms with Crippen LogP contribution in [0.5, 0.6) is 5.75 Å². The molecule has 2 heterocycles. The molecule has 1 saturated heterocycles. The molecule has 3 N–H and O–H groups in total. The number of nitrogens with two attached hydrogens (primary N) is 1. The van der Waals surface area contributed by atoms with Crippen LogP contribution < -0.4 is 10.5 Å². The Morgan fingerprint density at radius 1 is 1.44 bits per heavy atom. The van der Waals surface area contributed by atoms with E-state index < -0.39 is 0 Å². The fourth-order valence-corrected chi connectivity index (χ4v) is 2.52. The van der Waals surface area contributed by atoms with Gasteiger partial charge in [0.2, 0.25) is 0 Å². The Morgan fingerprint density at radius 2 is 2.20 bits per heavy atom. The summed E-state index contributed by atoms with van der Waals surface area (Å²) in [7, 11) is 1.64. The number of hydrogen-bond acceptors (Lipinski definition) is 5. The predicted octanol–water partition coefficient (Wildman–Crippen LogP) is 1.63. The molecule has 3 rings (SSSR count). The van der Waals surface area contributed by atoms with Gasteiger partial charge in [0.1, 0.15) is 18.1 Å². The second kappa shape index (κ2) is 8.99. The number of guanidine groups is 1. The van der Waals surface area contributed by atoms with Crippen LogP contribution in [0.4, 0.5) is 0 Å². The van der Waals surface area contributed by atoms with E-state index in [4.69, 9.17) is 15.2 Å². The summed E-state index contributed by atoms with van der Waals surface area (Å²) in [6, 6.07) is 7.58. The Balaban J connectivity index is 0.00000225. The van der Waals surface area contributed by atoms with Gasteiger partial charge in [-0.2, -0.15) is 5.10 Å². The molecule has 25 heavy (non-hydrogen) atoms. The first-order valence-electron chi connectivity index (χ1n) is 7.88. The molecule has 1 aromatic carbocycles. The Kier molecular flexibility index (Phi) is 7.00. The summed E-state index contributed by atoms with van der Waals surface area (Å²) >= 11 is 0. The van der Waals surface area contributed by atoms with E-state index in [-0.39, 0.29) is 30.1 Å². The molecule has 136 valence electrons. The van der Waals surface area contributed by atoms with E-state index in [1.165, 1.54) is 0 Å². The SMILES string of the molecule is COc1ccc(-c2n[nH]c(CN=C(N)N3CCOC(C)C3)n2)cc1.I. The van der Waals surface area contributed by atoms with E-state index in [0.29, 0.717) is 30.8 Å². The molecule has 1 fully saturated rings. The molecule has 1 aliphatic heterocycles. The van der Waals surface area contributed by atoms with Crippen molar-refractivity contribution >= 4 is 29.9 Å². The standard InChI is InChI=1S/C16H22N6O2.HI/c1-11-10-22(7-8-24-11)16(17)18-9-14-19-15(21-20-14)12-3-5-13(23-2)6-4-12;/h3-6,11H,7-10H2,1-2H3,(H2,17,18)(H,19,20,21);1H. The Labute approximate surface area is 163 Å². The van der Waals surface area contributed by atoms with Crippen molar-refractivity contribution in [1.82, 2.24) is 20.1 Å². The number of nitrogens with one attached hydrogen (secondary N) is 1. The maximum Gasteiger partial charge on any atom is 0.191 e. The first-order chi connectivity index (χ1) is 11.7. The molecule has 0 spiro atoms. The molecular weight excluding hydrogens is 435 g/mol. The maximum absolute atomic E-state index is 6.05. The summed E-state index contributed by atoms with van der Waals surface area (Å²) in [6.45, 7) is 4.56. The van der Waals surface area contributed by atoms with Gasteiger partial charge in [-0.25, -0.2) is 9.98 Å². The molecule has 0 amide bonds. The summed E-state index contributed by atoms with van der Waals surface area (Å²) in [5.41, 5.74) is 6.97. The minimum atomic E-state index is 0. The van der Waals surface area contributed by atoms with E-state index in [0.717, 1.165) is 24.4 Å². The zero-order valence-corrected chi connectivity index (χ0v) is 16.6. The van der Waals surface area contributed by atoms with Crippen molar-refractivity contribution < 1.29 is 9.47 Å². The van der Waals surface area contributed by atoms with Crippen LogP contribution >= 0.6 is 24.0 Å². The highest BCUT2D eigenvalue weighted by Gasteiger charge is 2.18. The van der Waals surface area contributed by atoms with Gasteiger partial charge in [0, 0.05) is 18.7 Å². The van der Waals surface area contributed by atoms with Gasteiger partial charge in [0.05, 0.1) is 19.8 Å². The number of benzene rings is 1. The van der Waals surface area contributed by atoms with Gasteiger partial charge in [-0.05, 0) is 31.2 Å². The largest absolute Gasteiger partial charge is 0.497 e. The minimum absolute atomic E-state index is 0. The number of aliphatic imine (C=N–C) groups is 1. The van der Waals surface area contributed by atoms with Gasteiger partial charge in [-0.15, -0.1) is 24.0 Å². The smallest absolute Gasteiger partial charge is 0.191 e. The third-order valence-electron chi connectivity index (χ3n) is 3.84. The quantitative estimate of drug-likeness (QED) is 0.411. The van der Waals surface area contributed by atoms with E-state index in [1.54, 1.807) is 7.11 Å². The van der Waals surface area contributed by atoms with E-state index >= 15 is 0 Å². The summed E-state index contributed by atoms with van der Waals surface area (Å²) in [5, 5.41) is 7.13. The van der Waals surface area contributed by atoms with E-state index in [2.05, 4.69) is 20.2 Å². The van der Waals surface area contributed by atoms with Crippen molar-refractivity contribution in [3.63, 3.8) is 0 Å². The van der Waals surface area contributed by atoms with Crippen molar-refractivity contribution in [2.75, 3.05) is 26.8 Å². The van der Waals surface area contributed by atoms with Gasteiger partial charge < -0.3 is 20.1 Å². The number of rotatable bonds is 4. The third-order valence-corrected chi connectivity index (χ3v) is 3.84. The average molecular weight is 458 g/mol. The van der Waals surface area contributed by atoms with Gasteiger partial charge in [-0.3, -0.25) is 5.10 Å². The first kappa shape index (κ1) is 19.4. The number of aromatic nitrogens is 3. The molecule has 0 radical (unpaired) electrons. The van der Waals surface area contributed by atoms with Crippen molar-refractivity contribution in [3.05, 3.63) is 30.1 Å².